The molecule has 3 nitrogen and oxygen atoms in total. The van der Waals surface area contributed by atoms with Gasteiger partial charge in [0, 0.05) is 11.6 Å². The molecule has 3 rings (SSSR count). The fourth-order valence-corrected chi connectivity index (χ4v) is 2.75. The second-order valence-electron chi connectivity index (χ2n) is 4.92. The lowest BCUT2D eigenvalue weighted by Crippen LogP contribution is -1.91. The lowest BCUT2D eigenvalue weighted by atomic mass is 10.1. The monoisotopic (exact) mass is 230 g/mol. The molecule has 1 aliphatic rings. The van der Waals surface area contributed by atoms with Crippen LogP contribution in [0.25, 0.3) is 11.1 Å². The quantitative estimate of drug-likeness (QED) is 0.801. The summed E-state index contributed by atoms with van der Waals surface area (Å²) in [7, 11) is 0. The molecule has 3 heteroatoms. The minimum Gasteiger partial charge on any atom is -0.440 e. The van der Waals surface area contributed by atoms with Crippen molar-refractivity contribution in [2.45, 2.75) is 44.9 Å². The van der Waals surface area contributed by atoms with Crippen LogP contribution in [-0.2, 0) is 6.42 Å². The smallest absolute Gasteiger partial charge is 0.198 e. The van der Waals surface area contributed by atoms with Gasteiger partial charge >= 0.3 is 0 Å². The number of nitrogen functional groups attached to an aromatic ring is 1. The Kier molecular flexibility index (Phi) is 2.54. The zero-order valence-corrected chi connectivity index (χ0v) is 10.2. The lowest BCUT2D eigenvalue weighted by molar-refractivity contribution is 0.472. The van der Waals surface area contributed by atoms with Crippen molar-refractivity contribution in [1.29, 1.82) is 0 Å². The van der Waals surface area contributed by atoms with Crippen molar-refractivity contribution >= 4 is 16.8 Å². The van der Waals surface area contributed by atoms with Crippen LogP contribution in [0.4, 0.5) is 5.69 Å². The molecule has 1 aromatic heterocycles. The van der Waals surface area contributed by atoms with Gasteiger partial charge in [-0.2, -0.15) is 0 Å². The Balaban J connectivity index is 2.11. The molecule has 90 valence electrons. The van der Waals surface area contributed by atoms with Crippen LogP contribution >= 0.6 is 0 Å². The van der Waals surface area contributed by atoms with Crippen LogP contribution in [-0.4, -0.2) is 4.98 Å². The number of nitrogens with two attached hydrogens (primary N) is 1. The molecule has 0 spiro atoms. The van der Waals surface area contributed by atoms with Gasteiger partial charge in [0.1, 0.15) is 5.52 Å². The van der Waals surface area contributed by atoms with E-state index in [4.69, 9.17) is 10.2 Å². The Morgan fingerprint density at radius 1 is 1.35 bits per heavy atom. The van der Waals surface area contributed by atoms with Crippen LogP contribution < -0.4 is 5.73 Å². The number of anilines is 1. The van der Waals surface area contributed by atoms with Crippen molar-refractivity contribution in [2.24, 2.45) is 0 Å². The molecule has 2 aromatic rings. The van der Waals surface area contributed by atoms with Gasteiger partial charge in [-0.05, 0) is 37.0 Å². The van der Waals surface area contributed by atoms with E-state index in [2.05, 4.69) is 11.9 Å². The van der Waals surface area contributed by atoms with Gasteiger partial charge in [0.2, 0.25) is 0 Å². The largest absolute Gasteiger partial charge is 0.440 e. The average Bonchev–Trinajstić information content (AvgIpc) is 2.95. The van der Waals surface area contributed by atoms with Crippen LogP contribution in [0.15, 0.2) is 16.5 Å². The Hall–Kier alpha value is -1.51. The third-order valence-electron chi connectivity index (χ3n) is 3.69. The van der Waals surface area contributed by atoms with E-state index in [0.717, 1.165) is 34.7 Å². The summed E-state index contributed by atoms with van der Waals surface area (Å²) in [5.41, 5.74) is 9.68. The molecule has 1 heterocycles. The van der Waals surface area contributed by atoms with Gasteiger partial charge in [0.05, 0.1) is 0 Å². The zero-order valence-electron chi connectivity index (χ0n) is 10.2. The van der Waals surface area contributed by atoms with Crippen molar-refractivity contribution in [2.75, 3.05) is 5.73 Å². The summed E-state index contributed by atoms with van der Waals surface area (Å²) >= 11 is 0. The molecule has 0 aliphatic heterocycles. The summed E-state index contributed by atoms with van der Waals surface area (Å²) in [5, 5.41) is 0. The Morgan fingerprint density at radius 3 is 2.82 bits per heavy atom. The van der Waals surface area contributed by atoms with Gasteiger partial charge < -0.3 is 10.2 Å². The number of oxazole rings is 1. The molecule has 1 saturated carbocycles. The number of rotatable bonds is 2. The molecule has 1 fully saturated rings. The van der Waals surface area contributed by atoms with Crippen molar-refractivity contribution < 1.29 is 4.42 Å². The number of hydrogen-bond donors (Lipinski definition) is 1. The van der Waals surface area contributed by atoms with Gasteiger partial charge in [-0.3, -0.25) is 0 Å². The van der Waals surface area contributed by atoms with Crippen molar-refractivity contribution in [1.82, 2.24) is 4.98 Å². The van der Waals surface area contributed by atoms with E-state index in [0.29, 0.717) is 5.92 Å². The van der Waals surface area contributed by atoms with E-state index < -0.39 is 0 Å². The van der Waals surface area contributed by atoms with Crippen molar-refractivity contribution in [3.63, 3.8) is 0 Å². The maximum atomic E-state index is 5.96. The van der Waals surface area contributed by atoms with E-state index in [1.165, 1.54) is 25.7 Å². The third-order valence-corrected chi connectivity index (χ3v) is 3.69. The molecule has 0 radical (unpaired) electrons. The van der Waals surface area contributed by atoms with E-state index in [1.54, 1.807) is 0 Å². The number of fused-ring (bicyclic) bond motifs is 1. The lowest BCUT2D eigenvalue weighted by Gasteiger charge is -2.01. The average molecular weight is 230 g/mol. The SMILES string of the molecule is CCc1cc(N)cc2nc(C3CCCC3)oc12. The molecule has 2 N–H and O–H groups in total. The van der Waals surface area contributed by atoms with E-state index >= 15 is 0 Å². The minimum atomic E-state index is 0.522. The highest BCUT2D eigenvalue weighted by Crippen LogP contribution is 2.36. The molecule has 0 saturated heterocycles. The number of hydrogen-bond acceptors (Lipinski definition) is 3. The molecular formula is C14H18N2O. The maximum absolute atomic E-state index is 5.96. The van der Waals surface area contributed by atoms with Crippen molar-refractivity contribution in [3.8, 4) is 0 Å². The van der Waals surface area contributed by atoms with E-state index in [1.807, 2.05) is 12.1 Å². The first-order chi connectivity index (χ1) is 8.28. The first-order valence-corrected chi connectivity index (χ1v) is 6.46. The summed E-state index contributed by atoms with van der Waals surface area (Å²) < 4.78 is 5.96. The standard InChI is InChI=1S/C14H18N2O/c1-2-9-7-11(15)8-12-13(9)17-14(16-12)10-5-3-4-6-10/h7-8,10H,2-6,15H2,1H3. The fourth-order valence-electron chi connectivity index (χ4n) is 2.75. The molecule has 1 aromatic carbocycles. The second kappa shape index (κ2) is 4.06. The minimum absolute atomic E-state index is 0.522. The van der Waals surface area contributed by atoms with Gasteiger partial charge in [-0.1, -0.05) is 19.8 Å². The second-order valence-corrected chi connectivity index (χ2v) is 4.92. The molecule has 1 aliphatic carbocycles. The molecule has 17 heavy (non-hydrogen) atoms. The normalized spacial score (nSPS) is 17.0. The summed E-state index contributed by atoms with van der Waals surface area (Å²) in [6, 6.07) is 3.91. The molecule has 0 bridgehead atoms. The van der Waals surface area contributed by atoms with E-state index in [-0.39, 0.29) is 0 Å². The fraction of sp³-hybridized carbons (Fsp3) is 0.500. The molecule has 0 atom stereocenters. The van der Waals surface area contributed by atoms with Gasteiger partial charge in [0.15, 0.2) is 11.5 Å². The predicted molar refractivity (Wildman–Crippen MR) is 69.0 cm³/mol. The van der Waals surface area contributed by atoms with Crippen LogP contribution in [0.3, 0.4) is 0 Å². The van der Waals surface area contributed by atoms with E-state index in [9.17, 15) is 0 Å². The molecule has 0 amide bonds. The topological polar surface area (TPSA) is 52.0 Å². The zero-order chi connectivity index (χ0) is 11.8. The summed E-state index contributed by atoms with van der Waals surface area (Å²) in [4.78, 5) is 4.62. The summed E-state index contributed by atoms with van der Waals surface area (Å²) in [5.74, 6) is 1.44. The van der Waals surface area contributed by atoms with Crippen LogP contribution in [0.2, 0.25) is 0 Å². The predicted octanol–water partition coefficient (Wildman–Crippen LogP) is 3.63. The number of aromatic nitrogens is 1. The summed E-state index contributed by atoms with van der Waals surface area (Å²) in [6.07, 6.45) is 5.95. The van der Waals surface area contributed by atoms with Gasteiger partial charge in [0.25, 0.3) is 0 Å². The molecule has 0 unspecified atom stereocenters. The van der Waals surface area contributed by atoms with Crippen LogP contribution in [0.5, 0.6) is 0 Å². The number of nitrogens with zero attached hydrogens (tertiary/aromatic N) is 1. The Labute approximate surface area is 101 Å². The highest BCUT2D eigenvalue weighted by atomic mass is 16.3. The highest BCUT2D eigenvalue weighted by molar-refractivity contribution is 5.80. The summed E-state index contributed by atoms with van der Waals surface area (Å²) in [6.45, 7) is 2.12. The van der Waals surface area contributed by atoms with Crippen LogP contribution in [0, 0.1) is 0 Å². The first kappa shape index (κ1) is 10.6. The highest BCUT2D eigenvalue weighted by Gasteiger charge is 2.23. The molecular weight excluding hydrogens is 212 g/mol. The van der Waals surface area contributed by atoms with Gasteiger partial charge in [-0.25, -0.2) is 4.98 Å². The number of aryl methyl sites for hydroxylation is 1. The Bertz CT molecular complexity index is 538. The van der Waals surface area contributed by atoms with Crippen molar-refractivity contribution in [3.05, 3.63) is 23.6 Å². The van der Waals surface area contributed by atoms with Gasteiger partial charge in [-0.15, -0.1) is 0 Å². The number of benzene rings is 1. The Morgan fingerprint density at radius 2 is 2.12 bits per heavy atom. The maximum Gasteiger partial charge on any atom is 0.198 e. The van der Waals surface area contributed by atoms with Crippen LogP contribution in [0.1, 0.15) is 50.0 Å². The first-order valence-electron chi connectivity index (χ1n) is 6.46. The third kappa shape index (κ3) is 1.79.